The van der Waals surface area contributed by atoms with Gasteiger partial charge in [0, 0.05) is 47.3 Å². The summed E-state index contributed by atoms with van der Waals surface area (Å²) in [5.41, 5.74) is 0.0291. The number of hydrogen-bond acceptors (Lipinski definition) is 10. The van der Waals surface area contributed by atoms with Crippen LogP contribution in [0.15, 0.2) is 16.9 Å². The lowest BCUT2D eigenvalue weighted by Crippen LogP contribution is -2.66. The standard InChI is InChI=1S/C25H35N9O5S/c1-12-20-19(13(2)29-18(35)10-32-11-28-30-31-32)24(37)34(20)21(25(38)39)22(12)40-14-8-16(27-9-14)23(36)33-7-5-15-17(33)4-3-6-26-15/h11-17,19-20,26-27H,3-10H2,1-2H3,(H,29,35)(H,38,39)/t12-,13-,14+,15?,16+,17?,19-,20-/m1/s1. The third kappa shape index (κ3) is 4.67. The van der Waals surface area contributed by atoms with Gasteiger partial charge < -0.3 is 30.9 Å². The summed E-state index contributed by atoms with van der Waals surface area (Å²) in [4.78, 5) is 55.5. The number of thioether (sulfide) groups is 1. The topological polar surface area (TPSA) is 175 Å². The van der Waals surface area contributed by atoms with Gasteiger partial charge in [0.05, 0.1) is 18.0 Å². The number of rotatable bonds is 8. The molecule has 5 aliphatic rings. The maximum Gasteiger partial charge on any atom is 0.353 e. The number of amides is 3. The maximum absolute atomic E-state index is 13.4. The van der Waals surface area contributed by atoms with E-state index >= 15 is 0 Å². The van der Waals surface area contributed by atoms with Crippen LogP contribution in [0, 0.1) is 11.8 Å². The van der Waals surface area contributed by atoms with Crippen molar-refractivity contribution >= 4 is 35.5 Å². The summed E-state index contributed by atoms with van der Waals surface area (Å²) >= 11 is 1.47. The van der Waals surface area contributed by atoms with Crippen LogP contribution < -0.4 is 16.0 Å². The lowest BCUT2D eigenvalue weighted by Gasteiger charge is -2.47. The van der Waals surface area contributed by atoms with E-state index < -0.39 is 17.9 Å². The molecular formula is C25H35N9O5S. The Bertz CT molecular complexity index is 1230. The van der Waals surface area contributed by atoms with E-state index in [0.717, 1.165) is 32.4 Å². The van der Waals surface area contributed by atoms with Crippen LogP contribution in [0.2, 0.25) is 0 Å². The summed E-state index contributed by atoms with van der Waals surface area (Å²) in [5.74, 6) is -2.38. The zero-order valence-electron chi connectivity index (χ0n) is 22.5. The Balaban J connectivity index is 1.10. The molecule has 4 N–H and O–H groups in total. The number of carboxylic acid groups (broad SMARTS) is 1. The molecule has 0 radical (unpaired) electrons. The molecule has 0 aromatic carbocycles. The van der Waals surface area contributed by atoms with Crippen LogP contribution >= 0.6 is 11.8 Å². The van der Waals surface area contributed by atoms with Gasteiger partial charge in [-0.2, -0.15) is 0 Å². The van der Waals surface area contributed by atoms with E-state index in [4.69, 9.17) is 0 Å². The second kappa shape index (κ2) is 10.7. The van der Waals surface area contributed by atoms with Crippen molar-refractivity contribution in [1.29, 1.82) is 0 Å². The molecule has 0 spiro atoms. The van der Waals surface area contributed by atoms with E-state index in [1.54, 1.807) is 6.92 Å². The summed E-state index contributed by atoms with van der Waals surface area (Å²) in [7, 11) is 0. The van der Waals surface area contributed by atoms with E-state index in [-0.39, 0.29) is 59.3 Å². The van der Waals surface area contributed by atoms with Crippen LogP contribution in [0.4, 0.5) is 0 Å². The van der Waals surface area contributed by atoms with Crippen LogP contribution in [0.1, 0.15) is 39.5 Å². The highest BCUT2D eigenvalue weighted by atomic mass is 32.2. The molecule has 4 saturated heterocycles. The fraction of sp³-hybridized carbons (Fsp3) is 0.720. The summed E-state index contributed by atoms with van der Waals surface area (Å²) < 4.78 is 1.29. The first-order valence-electron chi connectivity index (χ1n) is 14.0. The minimum absolute atomic E-state index is 0.0179. The van der Waals surface area contributed by atoms with E-state index in [0.29, 0.717) is 23.9 Å². The molecule has 0 bridgehead atoms. The predicted molar refractivity (Wildman–Crippen MR) is 142 cm³/mol. The smallest absolute Gasteiger partial charge is 0.353 e. The molecule has 14 nitrogen and oxygen atoms in total. The number of nitrogens with zero attached hydrogens (tertiary/aromatic N) is 6. The number of carbonyl (C=O) groups excluding carboxylic acids is 3. The second-order valence-corrected chi connectivity index (χ2v) is 12.8. The lowest BCUT2D eigenvalue weighted by atomic mass is 9.78. The number of aliphatic carboxylic acids is 1. The van der Waals surface area contributed by atoms with Crippen LogP contribution in [-0.2, 0) is 25.7 Å². The fourth-order valence-corrected chi connectivity index (χ4v) is 8.65. The molecule has 216 valence electrons. The van der Waals surface area contributed by atoms with Crippen LogP contribution in [0.25, 0.3) is 0 Å². The lowest BCUT2D eigenvalue weighted by molar-refractivity contribution is -0.158. The van der Waals surface area contributed by atoms with Crippen molar-refractivity contribution in [3.8, 4) is 0 Å². The van der Waals surface area contributed by atoms with Gasteiger partial charge in [0.1, 0.15) is 18.6 Å². The van der Waals surface area contributed by atoms with Crippen molar-refractivity contribution in [1.82, 2.24) is 46.0 Å². The van der Waals surface area contributed by atoms with Gasteiger partial charge in [-0.3, -0.25) is 14.4 Å². The Morgan fingerprint density at radius 3 is 2.85 bits per heavy atom. The first-order valence-corrected chi connectivity index (χ1v) is 14.9. The maximum atomic E-state index is 13.4. The zero-order valence-corrected chi connectivity index (χ0v) is 23.3. The first kappa shape index (κ1) is 27.1. The second-order valence-electron chi connectivity index (χ2n) is 11.4. The van der Waals surface area contributed by atoms with Crippen molar-refractivity contribution in [3.63, 3.8) is 0 Å². The molecular weight excluding hydrogens is 538 g/mol. The number of hydrogen-bond donors (Lipinski definition) is 4. The Hall–Kier alpha value is -3.04. The quantitative estimate of drug-likeness (QED) is 0.274. The van der Waals surface area contributed by atoms with E-state index in [1.807, 2.05) is 11.8 Å². The van der Waals surface area contributed by atoms with E-state index in [2.05, 4.69) is 31.5 Å². The Morgan fingerprint density at radius 1 is 1.27 bits per heavy atom. The number of piperidine rings is 1. The number of tetrazole rings is 1. The first-order chi connectivity index (χ1) is 19.2. The monoisotopic (exact) mass is 573 g/mol. The molecule has 15 heteroatoms. The predicted octanol–water partition coefficient (Wildman–Crippen LogP) is -1.23. The van der Waals surface area contributed by atoms with Gasteiger partial charge in [0.2, 0.25) is 17.7 Å². The average molecular weight is 574 g/mol. The third-order valence-electron chi connectivity index (χ3n) is 9.01. The SMILES string of the molecule is C[C@@H](NC(=O)Cn1cnnn1)[C@H]1C(=O)N2C(C(=O)O)=C(S[C@@H]3CN[C@H](C(=O)N4CCC5NCCCC54)C3)[C@H](C)[C@H]12. The molecule has 0 saturated carbocycles. The number of nitrogens with one attached hydrogen (secondary N) is 3. The molecule has 1 aromatic rings. The van der Waals surface area contributed by atoms with Gasteiger partial charge in [-0.1, -0.05) is 6.92 Å². The highest BCUT2D eigenvalue weighted by Crippen LogP contribution is 2.52. The molecule has 8 atom stereocenters. The molecule has 0 aliphatic carbocycles. The van der Waals surface area contributed by atoms with Gasteiger partial charge in [-0.05, 0) is 49.6 Å². The van der Waals surface area contributed by atoms with Gasteiger partial charge >= 0.3 is 5.97 Å². The minimum Gasteiger partial charge on any atom is -0.477 e. The normalized spacial score (nSPS) is 34.0. The number of aromatic nitrogens is 4. The summed E-state index contributed by atoms with van der Waals surface area (Å²) in [6, 6.07) is -0.489. The summed E-state index contributed by atoms with van der Waals surface area (Å²) in [6.07, 6.45) is 5.03. The largest absolute Gasteiger partial charge is 0.477 e. The van der Waals surface area contributed by atoms with Crippen molar-refractivity contribution < 1.29 is 24.3 Å². The van der Waals surface area contributed by atoms with Crippen molar-refractivity contribution in [2.45, 2.75) is 81.5 Å². The Kier molecular flexibility index (Phi) is 7.29. The molecule has 3 amide bonds. The molecule has 2 unspecified atom stereocenters. The van der Waals surface area contributed by atoms with Crippen LogP contribution in [-0.4, -0.2) is 114 Å². The van der Waals surface area contributed by atoms with Gasteiger partial charge in [-0.15, -0.1) is 16.9 Å². The minimum atomic E-state index is -1.13. The zero-order chi connectivity index (χ0) is 28.1. The Morgan fingerprint density at radius 2 is 2.10 bits per heavy atom. The molecule has 5 aliphatic heterocycles. The van der Waals surface area contributed by atoms with E-state index in [9.17, 15) is 24.3 Å². The number of carbonyl (C=O) groups is 4. The Labute approximate surface area is 235 Å². The number of likely N-dealkylation sites (tertiary alicyclic amines) is 1. The average Bonchev–Trinajstić information content (AvgIpc) is 3.71. The third-order valence-corrected chi connectivity index (χ3v) is 10.5. The van der Waals surface area contributed by atoms with Crippen molar-refractivity contribution in [2.75, 3.05) is 19.6 Å². The van der Waals surface area contributed by atoms with Crippen LogP contribution in [0.3, 0.4) is 0 Å². The molecule has 4 fully saturated rings. The van der Waals surface area contributed by atoms with Crippen molar-refractivity contribution in [3.05, 3.63) is 16.9 Å². The number of β-lactam (4-membered cyclic amide) rings is 1. The number of carboxylic acids is 1. The molecule has 1 aromatic heterocycles. The molecule has 6 rings (SSSR count). The van der Waals surface area contributed by atoms with Gasteiger partial charge in [-0.25, -0.2) is 9.48 Å². The molecule has 6 heterocycles. The van der Waals surface area contributed by atoms with Crippen molar-refractivity contribution in [2.24, 2.45) is 11.8 Å². The van der Waals surface area contributed by atoms with Gasteiger partial charge in [0.25, 0.3) is 0 Å². The summed E-state index contributed by atoms with van der Waals surface area (Å²) in [5, 5.41) is 30.6. The highest BCUT2D eigenvalue weighted by Gasteiger charge is 2.60. The van der Waals surface area contributed by atoms with Crippen LogP contribution in [0.5, 0.6) is 0 Å². The number of fused-ring (bicyclic) bond motifs is 2. The highest BCUT2D eigenvalue weighted by molar-refractivity contribution is 8.03. The fourth-order valence-electron chi connectivity index (χ4n) is 7.17. The van der Waals surface area contributed by atoms with Gasteiger partial charge in [0.15, 0.2) is 0 Å². The molecule has 40 heavy (non-hydrogen) atoms. The summed E-state index contributed by atoms with van der Waals surface area (Å²) in [6.45, 7) is 6.00. The van der Waals surface area contributed by atoms with E-state index in [1.165, 1.54) is 27.7 Å².